The molecule has 10 heteroatoms. The number of H-pyrrole nitrogens is 1. The second-order valence-corrected chi connectivity index (χ2v) is 6.72. The Kier molecular flexibility index (Phi) is 4.56. The number of aryl methyl sites for hydroxylation is 2. The quantitative estimate of drug-likeness (QED) is 0.475. The number of para-hydroxylation sites is 1. The fourth-order valence-electron chi connectivity index (χ4n) is 3.21. The lowest BCUT2D eigenvalue weighted by molar-refractivity contribution is -0.137. The monoisotopic (exact) mass is 417 g/mol. The predicted molar refractivity (Wildman–Crippen MR) is 102 cm³/mol. The van der Waals surface area contributed by atoms with Crippen LogP contribution in [0.3, 0.4) is 0 Å². The number of rotatable bonds is 3. The van der Waals surface area contributed by atoms with E-state index in [4.69, 9.17) is 0 Å². The van der Waals surface area contributed by atoms with Gasteiger partial charge in [-0.25, -0.2) is 9.37 Å². The zero-order valence-corrected chi connectivity index (χ0v) is 15.8. The number of imidazole rings is 1. The van der Waals surface area contributed by atoms with Gasteiger partial charge in [0.05, 0.1) is 22.3 Å². The normalized spacial score (nSPS) is 11.8. The van der Waals surface area contributed by atoms with Crippen molar-refractivity contribution < 1.29 is 22.4 Å². The number of anilines is 1. The summed E-state index contributed by atoms with van der Waals surface area (Å²) < 4.78 is 55.3. The van der Waals surface area contributed by atoms with Gasteiger partial charge in [0.1, 0.15) is 23.0 Å². The molecule has 2 N–H and O–H groups in total. The van der Waals surface area contributed by atoms with E-state index in [9.17, 15) is 22.4 Å². The Morgan fingerprint density at radius 1 is 1.17 bits per heavy atom. The molecular weight excluding hydrogens is 402 g/mol. The molecular formula is C20H15F4N5O. The van der Waals surface area contributed by atoms with E-state index in [1.54, 1.807) is 32.2 Å². The van der Waals surface area contributed by atoms with Gasteiger partial charge in [-0.15, -0.1) is 0 Å². The van der Waals surface area contributed by atoms with Crippen LogP contribution in [0.5, 0.6) is 0 Å². The third-order valence-electron chi connectivity index (χ3n) is 4.54. The van der Waals surface area contributed by atoms with Crippen LogP contribution in [0.1, 0.15) is 21.6 Å². The summed E-state index contributed by atoms with van der Waals surface area (Å²) in [5.74, 6) is -1.07. The molecule has 0 unspecified atom stereocenters. The number of amides is 1. The lowest BCUT2D eigenvalue weighted by Crippen LogP contribution is -2.15. The maximum Gasteiger partial charge on any atom is 0.417 e. The molecule has 2 heterocycles. The molecule has 4 rings (SSSR count). The summed E-state index contributed by atoms with van der Waals surface area (Å²) in [5.41, 5.74) is -0.0956. The second kappa shape index (κ2) is 6.97. The van der Waals surface area contributed by atoms with Gasteiger partial charge in [0.15, 0.2) is 0 Å². The largest absolute Gasteiger partial charge is 0.417 e. The topological polar surface area (TPSA) is 75.6 Å². The molecule has 30 heavy (non-hydrogen) atoms. The lowest BCUT2D eigenvalue weighted by Gasteiger charge is -2.11. The first-order valence-corrected chi connectivity index (χ1v) is 8.81. The van der Waals surface area contributed by atoms with Crippen molar-refractivity contribution in [1.82, 2.24) is 19.7 Å². The summed E-state index contributed by atoms with van der Waals surface area (Å²) in [6, 6.07) is 8.49. The summed E-state index contributed by atoms with van der Waals surface area (Å²) in [6.45, 7) is 1.77. The standard InChI is InChI=1S/C20H15F4N5O/c1-10-8-16(29(2)28-10)26-19(30)12-4-3-5-15-17(12)27-18(25-15)13-9-11(21)6-7-14(13)20(22,23)24/h3-9H,1-2H3,(H,25,27)(H,26,30). The van der Waals surface area contributed by atoms with Gasteiger partial charge in [-0.1, -0.05) is 6.07 Å². The maximum absolute atomic E-state index is 13.7. The van der Waals surface area contributed by atoms with Crippen LogP contribution in [0.2, 0.25) is 0 Å². The van der Waals surface area contributed by atoms with Crippen molar-refractivity contribution in [3.63, 3.8) is 0 Å². The smallest absolute Gasteiger partial charge is 0.338 e. The highest BCUT2D eigenvalue weighted by Crippen LogP contribution is 2.37. The number of halogens is 4. The highest BCUT2D eigenvalue weighted by Gasteiger charge is 2.34. The van der Waals surface area contributed by atoms with Gasteiger partial charge >= 0.3 is 6.18 Å². The van der Waals surface area contributed by atoms with Gasteiger partial charge in [-0.05, 0) is 37.3 Å². The summed E-state index contributed by atoms with van der Waals surface area (Å²) in [7, 11) is 1.67. The Hall–Kier alpha value is -3.69. The Bertz CT molecular complexity index is 1270. The fourth-order valence-corrected chi connectivity index (χ4v) is 3.21. The molecule has 0 aliphatic carbocycles. The molecule has 0 bridgehead atoms. The van der Waals surface area contributed by atoms with Crippen molar-refractivity contribution >= 4 is 22.8 Å². The number of hydrogen-bond donors (Lipinski definition) is 2. The molecule has 4 aromatic rings. The van der Waals surface area contributed by atoms with Crippen LogP contribution in [-0.4, -0.2) is 25.7 Å². The number of benzene rings is 2. The van der Waals surface area contributed by atoms with Gasteiger partial charge < -0.3 is 10.3 Å². The minimum Gasteiger partial charge on any atom is -0.338 e. The van der Waals surface area contributed by atoms with E-state index in [0.29, 0.717) is 23.1 Å². The zero-order chi connectivity index (χ0) is 21.6. The molecule has 0 aliphatic heterocycles. The first-order chi connectivity index (χ1) is 14.1. The minimum atomic E-state index is -4.69. The van der Waals surface area contributed by atoms with Crippen LogP contribution < -0.4 is 5.32 Å². The number of nitrogens with one attached hydrogen (secondary N) is 2. The number of aromatic amines is 1. The Labute approximate surface area is 167 Å². The Morgan fingerprint density at radius 2 is 1.93 bits per heavy atom. The molecule has 2 aromatic carbocycles. The van der Waals surface area contributed by atoms with E-state index in [-0.39, 0.29) is 16.9 Å². The molecule has 0 atom stereocenters. The maximum atomic E-state index is 13.7. The average molecular weight is 417 g/mol. The zero-order valence-electron chi connectivity index (χ0n) is 15.8. The summed E-state index contributed by atoms with van der Waals surface area (Å²) in [5, 5.41) is 6.84. The van der Waals surface area contributed by atoms with Gasteiger partial charge in [0, 0.05) is 18.7 Å². The van der Waals surface area contributed by atoms with E-state index >= 15 is 0 Å². The van der Waals surface area contributed by atoms with Crippen molar-refractivity contribution in [3.8, 4) is 11.4 Å². The van der Waals surface area contributed by atoms with E-state index in [1.165, 1.54) is 10.7 Å². The molecule has 6 nitrogen and oxygen atoms in total. The highest BCUT2D eigenvalue weighted by atomic mass is 19.4. The van der Waals surface area contributed by atoms with E-state index in [1.807, 2.05) is 0 Å². The van der Waals surface area contributed by atoms with Crippen LogP contribution in [0, 0.1) is 12.7 Å². The van der Waals surface area contributed by atoms with Crippen LogP contribution in [0.15, 0.2) is 42.5 Å². The van der Waals surface area contributed by atoms with Gasteiger partial charge in [-0.2, -0.15) is 18.3 Å². The second-order valence-electron chi connectivity index (χ2n) is 6.72. The molecule has 0 aliphatic rings. The third kappa shape index (κ3) is 3.51. The number of hydrogen-bond acceptors (Lipinski definition) is 3. The number of carbonyl (C=O) groups excluding carboxylic acids is 1. The van der Waals surface area contributed by atoms with E-state index < -0.39 is 29.0 Å². The highest BCUT2D eigenvalue weighted by molar-refractivity contribution is 6.11. The van der Waals surface area contributed by atoms with Crippen molar-refractivity contribution in [2.45, 2.75) is 13.1 Å². The minimum absolute atomic E-state index is 0.152. The average Bonchev–Trinajstić information content (AvgIpc) is 3.23. The molecule has 1 amide bonds. The van der Waals surface area contributed by atoms with Crippen LogP contribution >= 0.6 is 0 Å². The predicted octanol–water partition coefficient (Wildman–Crippen LogP) is 4.68. The van der Waals surface area contributed by atoms with Crippen molar-refractivity contribution in [3.05, 3.63) is 65.1 Å². The molecule has 0 saturated heterocycles. The van der Waals surface area contributed by atoms with E-state index in [2.05, 4.69) is 20.4 Å². The summed E-state index contributed by atoms with van der Waals surface area (Å²) >= 11 is 0. The number of fused-ring (bicyclic) bond motifs is 1. The third-order valence-corrected chi connectivity index (χ3v) is 4.54. The molecule has 0 saturated carbocycles. The van der Waals surface area contributed by atoms with Crippen molar-refractivity contribution in [1.29, 1.82) is 0 Å². The SMILES string of the molecule is Cc1cc(NC(=O)c2cccc3[nH]c(-c4cc(F)ccc4C(F)(F)F)nc23)n(C)n1. The van der Waals surface area contributed by atoms with E-state index in [0.717, 1.165) is 12.1 Å². The number of carbonyl (C=O) groups is 1. The summed E-state index contributed by atoms with van der Waals surface area (Å²) in [6.07, 6.45) is -4.69. The van der Waals surface area contributed by atoms with Crippen LogP contribution in [-0.2, 0) is 13.2 Å². The Balaban J connectivity index is 1.79. The first kappa shape index (κ1) is 19.6. The number of alkyl halides is 3. The Morgan fingerprint density at radius 3 is 2.60 bits per heavy atom. The molecule has 154 valence electrons. The molecule has 0 radical (unpaired) electrons. The summed E-state index contributed by atoms with van der Waals surface area (Å²) in [4.78, 5) is 19.7. The number of aromatic nitrogens is 4. The van der Waals surface area contributed by atoms with Crippen LogP contribution in [0.4, 0.5) is 23.4 Å². The van der Waals surface area contributed by atoms with Crippen molar-refractivity contribution in [2.24, 2.45) is 7.05 Å². The van der Waals surface area contributed by atoms with Gasteiger partial charge in [0.25, 0.3) is 5.91 Å². The van der Waals surface area contributed by atoms with Gasteiger partial charge in [0.2, 0.25) is 0 Å². The molecule has 2 aromatic heterocycles. The number of nitrogens with zero attached hydrogens (tertiary/aromatic N) is 3. The van der Waals surface area contributed by atoms with Crippen LogP contribution in [0.25, 0.3) is 22.4 Å². The fraction of sp³-hybridized carbons (Fsp3) is 0.150. The first-order valence-electron chi connectivity index (χ1n) is 8.81. The lowest BCUT2D eigenvalue weighted by atomic mass is 10.1. The van der Waals surface area contributed by atoms with Crippen molar-refractivity contribution in [2.75, 3.05) is 5.32 Å². The molecule has 0 spiro atoms. The van der Waals surface area contributed by atoms with Gasteiger partial charge in [-0.3, -0.25) is 9.48 Å². The molecule has 0 fully saturated rings.